The molecule has 2 aromatic heterocycles. The predicted octanol–water partition coefficient (Wildman–Crippen LogP) is 3.46. The number of benzene rings is 1. The van der Waals surface area contributed by atoms with Gasteiger partial charge >= 0.3 is 0 Å². The first-order chi connectivity index (χ1) is 11.1. The van der Waals surface area contributed by atoms with Crippen molar-refractivity contribution in [1.82, 2.24) is 9.55 Å². The molecule has 2 heterocycles. The quantitative estimate of drug-likeness (QED) is 0.753. The Morgan fingerprint density at radius 1 is 1.39 bits per heavy atom. The van der Waals surface area contributed by atoms with Crippen molar-refractivity contribution in [2.45, 2.75) is 26.9 Å². The summed E-state index contributed by atoms with van der Waals surface area (Å²) in [6.07, 6.45) is 2.09. The van der Waals surface area contributed by atoms with Crippen LogP contribution in [0.4, 0.5) is 5.69 Å². The number of nitrogens with two attached hydrogens (primary N) is 1. The van der Waals surface area contributed by atoms with Gasteiger partial charge in [-0.15, -0.1) is 11.3 Å². The Hall–Kier alpha value is -2.18. The molecule has 23 heavy (non-hydrogen) atoms. The molecule has 3 rings (SSSR count). The monoisotopic (exact) mass is 328 g/mol. The van der Waals surface area contributed by atoms with E-state index in [9.17, 15) is 4.79 Å². The van der Waals surface area contributed by atoms with Crippen LogP contribution >= 0.6 is 11.3 Å². The Bertz CT molecular complexity index is 834. The first-order valence-corrected chi connectivity index (χ1v) is 8.49. The lowest BCUT2D eigenvalue weighted by Gasteiger charge is -2.09. The molecule has 0 fully saturated rings. The summed E-state index contributed by atoms with van der Waals surface area (Å²) >= 11 is 1.40. The van der Waals surface area contributed by atoms with E-state index in [2.05, 4.69) is 41.0 Å². The van der Waals surface area contributed by atoms with Gasteiger partial charge in [0.25, 0.3) is 5.91 Å². The van der Waals surface area contributed by atoms with Crippen LogP contribution in [0.3, 0.4) is 0 Å². The summed E-state index contributed by atoms with van der Waals surface area (Å²) in [4.78, 5) is 16.4. The number of thiazole rings is 1. The minimum Gasteiger partial charge on any atom is -0.347 e. The number of rotatable bonds is 5. The molecular formula is C17H20N4OS. The van der Waals surface area contributed by atoms with Gasteiger partial charge in [-0.2, -0.15) is 0 Å². The van der Waals surface area contributed by atoms with Gasteiger partial charge in [0.15, 0.2) is 0 Å². The van der Waals surface area contributed by atoms with Crippen LogP contribution in [-0.2, 0) is 13.1 Å². The first-order valence-electron chi connectivity index (χ1n) is 7.61. The maximum Gasteiger partial charge on any atom is 0.275 e. The standard InChI is InChI=1S/C17H20N4OS/c1-11(2)9-21-6-5-12-7-13(3-4-15(12)21)19-17(22)14-10-23-16(8-18)20-14/h3-7,10-11H,8-9,18H2,1-2H3,(H,19,22). The van der Waals surface area contributed by atoms with Crippen molar-refractivity contribution in [2.75, 3.05) is 5.32 Å². The predicted molar refractivity (Wildman–Crippen MR) is 94.7 cm³/mol. The van der Waals surface area contributed by atoms with E-state index in [-0.39, 0.29) is 5.91 Å². The van der Waals surface area contributed by atoms with Crippen molar-refractivity contribution in [1.29, 1.82) is 0 Å². The highest BCUT2D eigenvalue weighted by Crippen LogP contribution is 2.22. The van der Waals surface area contributed by atoms with Gasteiger partial charge in [0.05, 0.1) is 0 Å². The highest BCUT2D eigenvalue weighted by atomic mass is 32.1. The number of nitrogens with zero attached hydrogens (tertiary/aromatic N) is 2. The van der Waals surface area contributed by atoms with Crippen molar-refractivity contribution in [3.05, 3.63) is 46.5 Å². The Labute approximate surface area is 139 Å². The van der Waals surface area contributed by atoms with Crippen LogP contribution < -0.4 is 11.1 Å². The van der Waals surface area contributed by atoms with Gasteiger partial charge < -0.3 is 15.6 Å². The summed E-state index contributed by atoms with van der Waals surface area (Å²) < 4.78 is 2.24. The summed E-state index contributed by atoms with van der Waals surface area (Å²) in [6.45, 7) is 5.73. The zero-order chi connectivity index (χ0) is 16.4. The summed E-state index contributed by atoms with van der Waals surface area (Å²) in [7, 11) is 0. The van der Waals surface area contributed by atoms with Crippen molar-refractivity contribution in [3.63, 3.8) is 0 Å². The third-order valence-electron chi connectivity index (χ3n) is 3.55. The minimum absolute atomic E-state index is 0.207. The van der Waals surface area contributed by atoms with Gasteiger partial charge in [-0.25, -0.2) is 4.98 Å². The van der Waals surface area contributed by atoms with E-state index in [1.807, 2.05) is 18.2 Å². The van der Waals surface area contributed by atoms with Gasteiger partial charge in [0, 0.05) is 41.3 Å². The zero-order valence-electron chi connectivity index (χ0n) is 13.2. The van der Waals surface area contributed by atoms with Crippen LogP contribution in [0.1, 0.15) is 29.3 Å². The fraction of sp³-hybridized carbons (Fsp3) is 0.294. The first kappa shape index (κ1) is 15.7. The van der Waals surface area contributed by atoms with Crippen LogP contribution in [-0.4, -0.2) is 15.5 Å². The second kappa shape index (κ2) is 6.52. The molecule has 1 aromatic carbocycles. The van der Waals surface area contributed by atoms with Crippen LogP contribution in [0, 0.1) is 5.92 Å². The Morgan fingerprint density at radius 2 is 2.22 bits per heavy atom. The van der Waals surface area contributed by atoms with E-state index in [1.165, 1.54) is 16.9 Å². The molecule has 0 saturated carbocycles. The lowest BCUT2D eigenvalue weighted by molar-refractivity contribution is 0.102. The molecule has 0 aliphatic carbocycles. The van der Waals surface area contributed by atoms with Crippen molar-refractivity contribution in [2.24, 2.45) is 11.7 Å². The summed E-state index contributed by atoms with van der Waals surface area (Å²) in [5.41, 5.74) is 7.89. The lowest BCUT2D eigenvalue weighted by atomic mass is 10.2. The van der Waals surface area contributed by atoms with E-state index in [0.717, 1.165) is 22.6 Å². The molecule has 3 N–H and O–H groups in total. The van der Waals surface area contributed by atoms with Gasteiger partial charge in [-0.1, -0.05) is 13.8 Å². The van der Waals surface area contributed by atoms with E-state index in [4.69, 9.17) is 5.73 Å². The largest absolute Gasteiger partial charge is 0.347 e. The Balaban J connectivity index is 1.79. The molecule has 0 unspecified atom stereocenters. The van der Waals surface area contributed by atoms with Crippen LogP contribution in [0.15, 0.2) is 35.8 Å². The summed E-state index contributed by atoms with van der Waals surface area (Å²) in [5, 5.41) is 6.50. The number of carbonyl (C=O) groups is 1. The van der Waals surface area contributed by atoms with Crippen LogP contribution in [0.5, 0.6) is 0 Å². The SMILES string of the molecule is CC(C)Cn1ccc2cc(NC(=O)c3csc(CN)n3)ccc21. The second-order valence-electron chi connectivity index (χ2n) is 5.92. The molecule has 0 atom stereocenters. The fourth-order valence-corrected chi connectivity index (χ4v) is 3.19. The normalized spacial score (nSPS) is 11.3. The molecule has 5 nitrogen and oxygen atoms in total. The highest BCUT2D eigenvalue weighted by Gasteiger charge is 2.11. The number of carbonyl (C=O) groups excluding carboxylic acids is 1. The molecule has 120 valence electrons. The maximum atomic E-state index is 12.2. The van der Waals surface area contributed by atoms with E-state index in [1.54, 1.807) is 5.38 Å². The molecule has 0 bridgehead atoms. The van der Waals surface area contributed by atoms with E-state index in [0.29, 0.717) is 18.2 Å². The highest BCUT2D eigenvalue weighted by molar-refractivity contribution is 7.09. The molecule has 1 amide bonds. The molecule has 6 heteroatoms. The molecule has 0 aliphatic heterocycles. The van der Waals surface area contributed by atoms with Gasteiger partial charge in [0.2, 0.25) is 0 Å². The molecule has 0 radical (unpaired) electrons. The second-order valence-corrected chi connectivity index (χ2v) is 6.86. The van der Waals surface area contributed by atoms with E-state index < -0.39 is 0 Å². The van der Waals surface area contributed by atoms with Crippen molar-refractivity contribution in [3.8, 4) is 0 Å². The van der Waals surface area contributed by atoms with E-state index >= 15 is 0 Å². The van der Waals surface area contributed by atoms with Gasteiger partial charge in [-0.05, 0) is 30.2 Å². The van der Waals surface area contributed by atoms with Crippen LogP contribution in [0.2, 0.25) is 0 Å². The maximum absolute atomic E-state index is 12.2. The molecule has 0 spiro atoms. The molecular weight excluding hydrogens is 308 g/mol. The smallest absolute Gasteiger partial charge is 0.275 e. The van der Waals surface area contributed by atoms with Gasteiger partial charge in [-0.3, -0.25) is 4.79 Å². The molecule has 0 saturated heterocycles. The Morgan fingerprint density at radius 3 is 2.91 bits per heavy atom. The fourth-order valence-electron chi connectivity index (χ4n) is 2.53. The average molecular weight is 328 g/mol. The lowest BCUT2D eigenvalue weighted by Crippen LogP contribution is -2.12. The number of hydrogen-bond acceptors (Lipinski definition) is 4. The number of amides is 1. The van der Waals surface area contributed by atoms with Crippen molar-refractivity contribution >= 4 is 33.8 Å². The summed E-state index contributed by atoms with van der Waals surface area (Å²) in [5.74, 6) is 0.383. The number of anilines is 1. The molecule has 3 aromatic rings. The molecule has 0 aliphatic rings. The minimum atomic E-state index is -0.207. The number of nitrogens with one attached hydrogen (secondary N) is 1. The zero-order valence-corrected chi connectivity index (χ0v) is 14.1. The average Bonchev–Trinajstić information content (AvgIpc) is 3.14. The van der Waals surface area contributed by atoms with Crippen molar-refractivity contribution < 1.29 is 4.79 Å². The number of aromatic nitrogens is 2. The number of hydrogen-bond donors (Lipinski definition) is 2. The Kier molecular flexibility index (Phi) is 4.45. The van der Waals surface area contributed by atoms with Crippen LogP contribution in [0.25, 0.3) is 10.9 Å². The summed E-state index contributed by atoms with van der Waals surface area (Å²) in [6, 6.07) is 8.02. The van der Waals surface area contributed by atoms with Gasteiger partial charge in [0.1, 0.15) is 10.7 Å². The number of fused-ring (bicyclic) bond motifs is 1. The third kappa shape index (κ3) is 3.43. The topological polar surface area (TPSA) is 72.9 Å². The third-order valence-corrected chi connectivity index (χ3v) is 4.42.